The van der Waals surface area contributed by atoms with E-state index in [9.17, 15) is 4.79 Å². The molecule has 1 saturated carbocycles. The molecule has 0 saturated heterocycles. The molecule has 0 spiro atoms. The molecular formula is C14H20N2O. The van der Waals surface area contributed by atoms with Crippen LogP contribution >= 0.6 is 0 Å². The number of nitrogens with one attached hydrogen (secondary N) is 1. The van der Waals surface area contributed by atoms with E-state index in [2.05, 4.69) is 5.32 Å². The molecule has 1 aromatic rings. The Labute approximate surface area is 102 Å². The van der Waals surface area contributed by atoms with Crippen LogP contribution in [0.15, 0.2) is 30.3 Å². The summed E-state index contributed by atoms with van der Waals surface area (Å²) >= 11 is 0. The van der Waals surface area contributed by atoms with E-state index >= 15 is 0 Å². The molecule has 3 N–H and O–H groups in total. The predicted octanol–water partition coefficient (Wildman–Crippen LogP) is 1.47. The molecular weight excluding hydrogens is 212 g/mol. The number of carbonyl (C=O) groups excluding carboxylic acids is 1. The maximum atomic E-state index is 11.6. The van der Waals surface area contributed by atoms with E-state index in [1.807, 2.05) is 30.3 Å². The molecule has 1 atom stereocenters. The Morgan fingerprint density at radius 1 is 1.35 bits per heavy atom. The number of carbonyl (C=O) groups is 1. The molecule has 1 amide bonds. The van der Waals surface area contributed by atoms with Gasteiger partial charge in [-0.25, -0.2) is 0 Å². The Morgan fingerprint density at radius 3 is 2.71 bits per heavy atom. The second-order valence-electron chi connectivity index (χ2n) is 4.79. The van der Waals surface area contributed by atoms with Crippen molar-refractivity contribution in [3.63, 3.8) is 0 Å². The smallest absolute Gasteiger partial charge is 0.220 e. The summed E-state index contributed by atoms with van der Waals surface area (Å²) < 4.78 is 0. The minimum absolute atomic E-state index is 0.102. The van der Waals surface area contributed by atoms with Gasteiger partial charge in [0.05, 0.1) is 0 Å². The second kappa shape index (κ2) is 5.82. The van der Waals surface area contributed by atoms with Crippen LogP contribution in [0.1, 0.15) is 24.8 Å². The lowest BCUT2D eigenvalue weighted by Crippen LogP contribution is -2.38. The number of amides is 1. The molecule has 92 valence electrons. The maximum absolute atomic E-state index is 11.6. The van der Waals surface area contributed by atoms with Crippen molar-refractivity contribution in [3.05, 3.63) is 35.9 Å². The van der Waals surface area contributed by atoms with Crippen LogP contribution < -0.4 is 11.1 Å². The van der Waals surface area contributed by atoms with Crippen molar-refractivity contribution in [2.24, 2.45) is 11.7 Å². The van der Waals surface area contributed by atoms with Crippen molar-refractivity contribution in [2.75, 3.05) is 6.54 Å². The number of hydrogen-bond donors (Lipinski definition) is 2. The van der Waals surface area contributed by atoms with Crippen molar-refractivity contribution in [1.29, 1.82) is 0 Å². The van der Waals surface area contributed by atoms with E-state index < -0.39 is 0 Å². The van der Waals surface area contributed by atoms with E-state index in [0.29, 0.717) is 18.9 Å². The van der Waals surface area contributed by atoms with Crippen LogP contribution in [0.4, 0.5) is 0 Å². The standard InChI is InChI=1S/C14H20N2O/c15-13(12-7-8-12)10-16-14(17)9-6-11-4-2-1-3-5-11/h1-5,12-13H,6-10,15H2,(H,16,17). The largest absolute Gasteiger partial charge is 0.355 e. The number of benzene rings is 1. The van der Waals surface area contributed by atoms with E-state index in [1.54, 1.807) is 0 Å². The Balaban J connectivity index is 1.63. The Morgan fingerprint density at radius 2 is 2.06 bits per heavy atom. The summed E-state index contributed by atoms with van der Waals surface area (Å²) in [6.45, 7) is 0.623. The maximum Gasteiger partial charge on any atom is 0.220 e. The zero-order valence-corrected chi connectivity index (χ0v) is 10.1. The molecule has 1 aliphatic carbocycles. The first-order chi connectivity index (χ1) is 8.25. The average Bonchev–Trinajstić information content (AvgIpc) is 3.19. The van der Waals surface area contributed by atoms with Gasteiger partial charge in [0.2, 0.25) is 5.91 Å². The molecule has 0 aromatic heterocycles. The monoisotopic (exact) mass is 232 g/mol. The van der Waals surface area contributed by atoms with E-state index in [0.717, 1.165) is 6.42 Å². The highest BCUT2D eigenvalue weighted by Crippen LogP contribution is 2.31. The molecule has 1 aromatic carbocycles. The van der Waals surface area contributed by atoms with Crippen molar-refractivity contribution < 1.29 is 4.79 Å². The van der Waals surface area contributed by atoms with Gasteiger partial charge in [-0.15, -0.1) is 0 Å². The summed E-state index contributed by atoms with van der Waals surface area (Å²) in [5.74, 6) is 0.745. The molecule has 0 bridgehead atoms. The number of hydrogen-bond acceptors (Lipinski definition) is 2. The van der Waals surface area contributed by atoms with Gasteiger partial charge in [-0.05, 0) is 30.7 Å². The first kappa shape index (κ1) is 12.1. The highest BCUT2D eigenvalue weighted by molar-refractivity contribution is 5.76. The number of nitrogens with two attached hydrogens (primary N) is 1. The lowest BCUT2D eigenvalue weighted by molar-refractivity contribution is -0.121. The summed E-state index contributed by atoms with van der Waals surface area (Å²) in [6.07, 6.45) is 3.79. The zero-order valence-electron chi connectivity index (χ0n) is 10.1. The lowest BCUT2D eigenvalue weighted by atomic mass is 10.1. The fourth-order valence-electron chi connectivity index (χ4n) is 1.91. The molecule has 0 radical (unpaired) electrons. The van der Waals surface area contributed by atoms with Crippen LogP contribution in [0, 0.1) is 5.92 Å². The van der Waals surface area contributed by atoms with Gasteiger partial charge in [0.1, 0.15) is 0 Å². The van der Waals surface area contributed by atoms with Gasteiger partial charge in [0.25, 0.3) is 0 Å². The third kappa shape index (κ3) is 4.19. The van der Waals surface area contributed by atoms with Gasteiger partial charge in [0.15, 0.2) is 0 Å². The molecule has 3 nitrogen and oxygen atoms in total. The Hall–Kier alpha value is -1.35. The van der Waals surface area contributed by atoms with Crippen LogP contribution in [0.2, 0.25) is 0 Å². The van der Waals surface area contributed by atoms with Gasteiger partial charge in [-0.2, -0.15) is 0 Å². The molecule has 1 aliphatic rings. The molecule has 1 unspecified atom stereocenters. The van der Waals surface area contributed by atoms with E-state index in [4.69, 9.17) is 5.73 Å². The summed E-state index contributed by atoms with van der Waals surface area (Å²) in [5, 5.41) is 2.91. The highest BCUT2D eigenvalue weighted by Gasteiger charge is 2.28. The molecule has 2 rings (SSSR count). The second-order valence-corrected chi connectivity index (χ2v) is 4.79. The van der Waals surface area contributed by atoms with Crippen LogP contribution in [-0.2, 0) is 11.2 Å². The molecule has 0 heterocycles. The molecule has 3 heteroatoms. The molecule has 17 heavy (non-hydrogen) atoms. The molecule has 0 aliphatic heterocycles. The van der Waals surface area contributed by atoms with Crippen LogP contribution in [0.25, 0.3) is 0 Å². The van der Waals surface area contributed by atoms with Crippen molar-refractivity contribution >= 4 is 5.91 Å². The van der Waals surface area contributed by atoms with E-state index in [-0.39, 0.29) is 11.9 Å². The van der Waals surface area contributed by atoms with Gasteiger partial charge in [-0.3, -0.25) is 4.79 Å². The van der Waals surface area contributed by atoms with Crippen molar-refractivity contribution in [1.82, 2.24) is 5.32 Å². The van der Waals surface area contributed by atoms with Gasteiger partial charge < -0.3 is 11.1 Å². The Kier molecular flexibility index (Phi) is 4.15. The van der Waals surface area contributed by atoms with Crippen molar-refractivity contribution in [2.45, 2.75) is 31.7 Å². The van der Waals surface area contributed by atoms with Crippen LogP contribution in [-0.4, -0.2) is 18.5 Å². The van der Waals surface area contributed by atoms with Crippen LogP contribution in [0.3, 0.4) is 0 Å². The minimum Gasteiger partial charge on any atom is -0.355 e. The Bertz CT molecular complexity index is 360. The zero-order chi connectivity index (χ0) is 12.1. The first-order valence-electron chi connectivity index (χ1n) is 6.32. The predicted molar refractivity (Wildman–Crippen MR) is 68.5 cm³/mol. The SMILES string of the molecule is NC(CNC(=O)CCc1ccccc1)C1CC1. The fourth-order valence-corrected chi connectivity index (χ4v) is 1.91. The summed E-state index contributed by atoms with van der Waals surface area (Å²) in [6, 6.07) is 10.2. The topological polar surface area (TPSA) is 55.1 Å². The van der Waals surface area contributed by atoms with E-state index in [1.165, 1.54) is 18.4 Å². The summed E-state index contributed by atoms with van der Waals surface area (Å²) in [4.78, 5) is 11.6. The summed E-state index contributed by atoms with van der Waals surface area (Å²) in [5.41, 5.74) is 7.12. The normalized spacial score (nSPS) is 16.5. The third-order valence-corrected chi connectivity index (χ3v) is 3.25. The minimum atomic E-state index is 0.102. The van der Waals surface area contributed by atoms with Gasteiger partial charge in [-0.1, -0.05) is 30.3 Å². The van der Waals surface area contributed by atoms with Gasteiger partial charge in [0, 0.05) is 19.0 Å². The van der Waals surface area contributed by atoms with Crippen LogP contribution in [0.5, 0.6) is 0 Å². The quantitative estimate of drug-likeness (QED) is 0.780. The lowest BCUT2D eigenvalue weighted by Gasteiger charge is -2.11. The first-order valence-corrected chi connectivity index (χ1v) is 6.32. The fraction of sp³-hybridized carbons (Fsp3) is 0.500. The summed E-state index contributed by atoms with van der Waals surface area (Å²) in [7, 11) is 0. The average molecular weight is 232 g/mol. The third-order valence-electron chi connectivity index (χ3n) is 3.25. The van der Waals surface area contributed by atoms with Crippen molar-refractivity contribution in [3.8, 4) is 0 Å². The number of aryl methyl sites for hydroxylation is 1. The number of rotatable bonds is 6. The highest BCUT2D eigenvalue weighted by atomic mass is 16.1. The van der Waals surface area contributed by atoms with Gasteiger partial charge >= 0.3 is 0 Å². The molecule has 1 fully saturated rings.